The van der Waals surface area contributed by atoms with Gasteiger partial charge in [0.15, 0.2) is 0 Å². The highest BCUT2D eigenvalue weighted by Crippen LogP contribution is 2.37. The second kappa shape index (κ2) is 6.55. The molecule has 0 amide bonds. The van der Waals surface area contributed by atoms with Gasteiger partial charge in [-0.1, -0.05) is 72.1 Å². The molecule has 1 fully saturated rings. The van der Waals surface area contributed by atoms with Crippen LogP contribution in [0.25, 0.3) is 0 Å². The topological polar surface area (TPSA) is 0 Å². The Balaban J connectivity index is 1.96. The van der Waals surface area contributed by atoms with Gasteiger partial charge in [0.05, 0.1) is 0 Å². The monoisotopic (exact) mass is 210 g/mol. The quantitative estimate of drug-likeness (QED) is 0.437. The predicted molar refractivity (Wildman–Crippen MR) is 69.1 cm³/mol. The van der Waals surface area contributed by atoms with Crippen LogP contribution in [-0.4, -0.2) is 0 Å². The van der Waals surface area contributed by atoms with Crippen molar-refractivity contribution in [1.29, 1.82) is 0 Å². The maximum absolute atomic E-state index is 2.46. The van der Waals surface area contributed by atoms with E-state index in [9.17, 15) is 0 Å². The molecule has 0 spiro atoms. The lowest BCUT2D eigenvalue weighted by molar-refractivity contribution is 0.282. The summed E-state index contributed by atoms with van der Waals surface area (Å²) in [5.41, 5.74) is 0.614. The molecule has 0 unspecified atom stereocenters. The minimum Gasteiger partial charge on any atom is -0.0654 e. The molecular weight excluding hydrogens is 180 g/mol. The normalized spacial score (nSPS) is 17.0. The van der Waals surface area contributed by atoms with Crippen molar-refractivity contribution in [2.24, 2.45) is 11.3 Å². The summed E-state index contributed by atoms with van der Waals surface area (Å²) >= 11 is 0. The van der Waals surface area contributed by atoms with Crippen LogP contribution in [0.1, 0.15) is 85.0 Å². The van der Waals surface area contributed by atoms with Gasteiger partial charge in [0, 0.05) is 0 Å². The van der Waals surface area contributed by atoms with Crippen molar-refractivity contribution < 1.29 is 0 Å². The van der Waals surface area contributed by atoms with Gasteiger partial charge in [0.2, 0.25) is 0 Å². The lowest BCUT2D eigenvalue weighted by Crippen LogP contribution is -2.11. The van der Waals surface area contributed by atoms with Crippen LogP contribution in [0.15, 0.2) is 0 Å². The van der Waals surface area contributed by atoms with Gasteiger partial charge in [-0.3, -0.25) is 0 Å². The van der Waals surface area contributed by atoms with Crippen molar-refractivity contribution in [3.05, 3.63) is 0 Å². The van der Waals surface area contributed by atoms with Crippen LogP contribution in [-0.2, 0) is 0 Å². The number of unbranched alkanes of at least 4 members (excludes halogenated alkanes) is 3. The summed E-state index contributed by atoms with van der Waals surface area (Å²) in [7, 11) is 0. The average molecular weight is 210 g/mol. The van der Waals surface area contributed by atoms with Gasteiger partial charge in [-0.2, -0.15) is 0 Å². The van der Waals surface area contributed by atoms with Gasteiger partial charge >= 0.3 is 0 Å². The molecule has 0 heterocycles. The fourth-order valence-electron chi connectivity index (χ4n) is 2.43. The van der Waals surface area contributed by atoms with E-state index in [0.717, 1.165) is 5.92 Å². The third kappa shape index (κ3) is 6.98. The molecule has 0 saturated heterocycles. The number of hydrogen-bond acceptors (Lipinski definition) is 0. The van der Waals surface area contributed by atoms with Gasteiger partial charge in [0.25, 0.3) is 0 Å². The Morgan fingerprint density at radius 2 is 1.60 bits per heavy atom. The molecule has 1 rings (SSSR count). The molecule has 1 aliphatic carbocycles. The van der Waals surface area contributed by atoms with Crippen LogP contribution in [0.5, 0.6) is 0 Å². The van der Waals surface area contributed by atoms with Crippen molar-refractivity contribution in [3.8, 4) is 0 Å². The second-order valence-corrected chi connectivity index (χ2v) is 6.31. The smallest absolute Gasteiger partial charge is 0.0354 e. The van der Waals surface area contributed by atoms with Crippen molar-refractivity contribution in [2.45, 2.75) is 85.0 Å². The molecule has 0 aromatic rings. The summed E-state index contributed by atoms with van der Waals surface area (Å²) < 4.78 is 0. The van der Waals surface area contributed by atoms with Gasteiger partial charge in [-0.15, -0.1) is 0 Å². The summed E-state index contributed by atoms with van der Waals surface area (Å²) in [4.78, 5) is 0. The molecule has 0 aromatic carbocycles. The van der Waals surface area contributed by atoms with Crippen molar-refractivity contribution in [1.82, 2.24) is 0 Å². The molecule has 90 valence electrons. The maximum Gasteiger partial charge on any atom is -0.0354 e. The first-order valence-electron chi connectivity index (χ1n) is 7.14. The highest BCUT2D eigenvalue weighted by atomic mass is 14.3. The van der Waals surface area contributed by atoms with Crippen molar-refractivity contribution in [3.63, 3.8) is 0 Å². The molecular formula is C15H30. The molecule has 0 radical (unpaired) electrons. The number of hydrogen-bond donors (Lipinski definition) is 0. The van der Waals surface area contributed by atoms with E-state index in [0.29, 0.717) is 5.41 Å². The van der Waals surface area contributed by atoms with E-state index >= 15 is 0 Å². The zero-order chi connectivity index (χ0) is 11.1. The van der Waals surface area contributed by atoms with Crippen LogP contribution in [0.2, 0.25) is 0 Å². The Labute approximate surface area is 96.8 Å². The maximum atomic E-state index is 2.46. The van der Waals surface area contributed by atoms with E-state index in [-0.39, 0.29) is 0 Å². The minimum absolute atomic E-state index is 0.614. The van der Waals surface area contributed by atoms with Gasteiger partial charge in [0.1, 0.15) is 0 Å². The molecule has 15 heavy (non-hydrogen) atoms. The van der Waals surface area contributed by atoms with Crippen LogP contribution < -0.4 is 0 Å². The first-order valence-corrected chi connectivity index (χ1v) is 7.14. The fourth-order valence-corrected chi connectivity index (χ4v) is 2.43. The summed E-state index contributed by atoms with van der Waals surface area (Å²) in [6.45, 7) is 7.22. The predicted octanol–water partition coefficient (Wildman–Crippen LogP) is 5.56. The average Bonchev–Trinajstić information content (AvgIpc) is 2.96. The highest BCUT2D eigenvalue weighted by Gasteiger charge is 2.23. The highest BCUT2D eigenvalue weighted by molar-refractivity contribution is 4.75. The fraction of sp³-hybridized carbons (Fsp3) is 1.00. The van der Waals surface area contributed by atoms with E-state index in [2.05, 4.69) is 20.8 Å². The first kappa shape index (κ1) is 13.1. The van der Waals surface area contributed by atoms with Crippen molar-refractivity contribution in [2.75, 3.05) is 0 Å². The van der Waals surface area contributed by atoms with Gasteiger partial charge in [-0.25, -0.2) is 0 Å². The molecule has 1 saturated carbocycles. The Morgan fingerprint density at radius 3 is 2.20 bits per heavy atom. The summed E-state index contributed by atoms with van der Waals surface area (Å²) in [6, 6.07) is 0. The largest absolute Gasteiger partial charge is 0.0654 e. The molecule has 0 aliphatic heterocycles. The Hall–Kier alpha value is 0. The van der Waals surface area contributed by atoms with Gasteiger partial charge < -0.3 is 0 Å². The standard InChI is InChI=1S/C15H30/c1-4-5-6-7-12-15(2,3)13-8-9-14-10-11-14/h14H,4-13H2,1-3H3. The van der Waals surface area contributed by atoms with Crippen molar-refractivity contribution >= 4 is 0 Å². The SMILES string of the molecule is CCCCCCC(C)(C)CCCC1CC1. The minimum atomic E-state index is 0.614. The van der Waals surface area contributed by atoms with E-state index in [4.69, 9.17) is 0 Å². The second-order valence-electron chi connectivity index (χ2n) is 6.31. The molecule has 0 aromatic heterocycles. The van der Waals surface area contributed by atoms with Crippen LogP contribution >= 0.6 is 0 Å². The molecule has 0 heteroatoms. The summed E-state index contributed by atoms with van der Waals surface area (Å²) in [5.74, 6) is 1.13. The van der Waals surface area contributed by atoms with Gasteiger partial charge in [-0.05, 0) is 24.2 Å². The van der Waals surface area contributed by atoms with Crippen LogP contribution in [0.4, 0.5) is 0 Å². The first-order chi connectivity index (χ1) is 7.14. The third-order valence-corrected chi connectivity index (χ3v) is 3.87. The molecule has 0 atom stereocenters. The lowest BCUT2D eigenvalue weighted by atomic mass is 9.82. The summed E-state index contributed by atoms with van der Waals surface area (Å²) in [6.07, 6.45) is 14.6. The molecule has 0 nitrogen and oxygen atoms in total. The molecule has 0 bridgehead atoms. The van der Waals surface area contributed by atoms with E-state index < -0.39 is 0 Å². The van der Waals surface area contributed by atoms with Crippen LogP contribution in [0, 0.1) is 11.3 Å². The third-order valence-electron chi connectivity index (χ3n) is 3.87. The zero-order valence-corrected chi connectivity index (χ0v) is 11.1. The van der Waals surface area contributed by atoms with Crippen LogP contribution in [0.3, 0.4) is 0 Å². The lowest BCUT2D eigenvalue weighted by Gasteiger charge is -2.24. The Bertz CT molecular complexity index is 153. The molecule has 1 aliphatic rings. The van der Waals surface area contributed by atoms with E-state index in [1.54, 1.807) is 0 Å². The molecule has 0 N–H and O–H groups in total. The Morgan fingerprint density at radius 1 is 0.933 bits per heavy atom. The number of rotatable bonds is 9. The zero-order valence-electron chi connectivity index (χ0n) is 11.1. The Kier molecular flexibility index (Phi) is 5.71. The van der Waals surface area contributed by atoms with E-state index in [1.165, 1.54) is 64.2 Å². The summed E-state index contributed by atoms with van der Waals surface area (Å²) in [5, 5.41) is 0. The van der Waals surface area contributed by atoms with E-state index in [1.807, 2.05) is 0 Å².